The lowest BCUT2D eigenvalue weighted by molar-refractivity contribution is 0.0736. The summed E-state index contributed by atoms with van der Waals surface area (Å²) in [5.74, 6) is 0.673. The molecular formula is C18H20ClIN4O2. The van der Waals surface area contributed by atoms with Gasteiger partial charge in [0.2, 0.25) is 0 Å². The first kappa shape index (κ1) is 19.3. The van der Waals surface area contributed by atoms with Crippen LogP contribution in [0.4, 0.5) is 0 Å². The van der Waals surface area contributed by atoms with E-state index in [0.29, 0.717) is 30.4 Å². The van der Waals surface area contributed by atoms with Crippen LogP contribution in [-0.4, -0.2) is 50.1 Å². The zero-order valence-corrected chi connectivity index (χ0v) is 17.3. The number of aliphatic hydroxyl groups is 1. The van der Waals surface area contributed by atoms with Gasteiger partial charge in [0.15, 0.2) is 5.75 Å². The highest BCUT2D eigenvalue weighted by atomic mass is 127. The number of pyridine rings is 1. The normalized spacial score (nSPS) is 20.3. The Morgan fingerprint density at radius 3 is 2.92 bits per heavy atom. The molecule has 1 aliphatic heterocycles. The van der Waals surface area contributed by atoms with Crippen LogP contribution in [0.1, 0.15) is 5.56 Å². The van der Waals surface area contributed by atoms with E-state index in [2.05, 4.69) is 15.0 Å². The second-order valence-corrected chi connectivity index (χ2v) is 6.78. The highest BCUT2D eigenvalue weighted by Gasteiger charge is 2.33. The monoisotopic (exact) mass is 486 g/mol. The van der Waals surface area contributed by atoms with Gasteiger partial charge in [0, 0.05) is 43.3 Å². The van der Waals surface area contributed by atoms with Gasteiger partial charge in [-0.3, -0.25) is 14.6 Å². The van der Waals surface area contributed by atoms with Crippen LogP contribution in [-0.2, 0) is 13.6 Å². The van der Waals surface area contributed by atoms with Gasteiger partial charge < -0.3 is 9.84 Å². The number of hydrogen-bond donors (Lipinski definition) is 1. The molecule has 6 nitrogen and oxygen atoms in total. The van der Waals surface area contributed by atoms with Crippen molar-refractivity contribution in [3.8, 4) is 5.75 Å². The van der Waals surface area contributed by atoms with Crippen molar-refractivity contribution >= 4 is 46.5 Å². The summed E-state index contributed by atoms with van der Waals surface area (Å²) in [5, 5.41) is 16.1. The second-order valence-electron chi connectivity index (χ2n) is 6.37. The zero-order chi connectivity index (χ0) is 17.4. The first-order chi connectivity index (χ1) is 12.1. The van der Waals surface area contributed by atoms with Gasteiger partial charge in [0.05, 0.1) is 17.9 Å². The molecule has 0 amide bonds. The molecule has 8 heteroatoms. The fraction of sp³-hybridized carbons (Fsp3) is 0.333. The van der Waals surface area contributed by atoms with Crippen molar-refractivity contribution in [2.75, 3.05) is 13.1 Å². The Hall–Kier alpha value is -1.42. The average molecular weight is 487 g/mol. The van der Waals surface area contributed by atoms with Crippen molar-refractivity contribution in [2.45, 2.75) is 18.8 Å². The summed E-state index contributed by atoms with van der Waals surface area (Å²) in [6, 6.07) is 7.76. The maximum atomic E-state index is 10.3. The number of β-amino-alcohol motifs (C(OH)–C–C–N with tert-alkyl or cyclic N) is 1. The molecule has 0 bridgehead atoms. The van der Waals surface area contributed by atoms with Crippen molar-refractivity contribution in [3.05, 3.63) is 53.4 Å². The Morgan fingerprint density at radius 1 is 1.31 bits per heavy atom. The van der Waals surface area contributed by atoms with Crippen LogP contribution in [0.5, 0.6) is 5.75 Å². The number of aromatic nitrogens is 3. The third kappa shape index (κ3) is 3.95. The van der Waals surface area contributed by atoms with E-state index in [0.717, 1.165) is 16.5 Å². The molecular weight excluding hydrogens is 467 g/mol. The number of fused-ring (bicyclic) bond motifs is 1. The van der Waals surface area contributed by atoms with Crippen LogP contribution in [0.25, 0.3) is 10.9 Å². The van der Waals surface area contributed by atoms with Crippen molar-refractivity contribution in [1.29, 1.82) is 0 Å². The van der Waals surface area contributed by atoms with E-state index in [1.54, 1.807) is 23.3 Å². The fourth-order valence-corrected chi connectivity index (χ4v) is 3.49. The predicted molar refractivity (Wildman–Crippen MR) is 111 cm³/mol. The van der Waals surface area contributed by atoms with Crippen molar-refractivity contribution < 1.29 is 9.84 Å². The van der Waals surface area contributed by atoms with Gasteiger partial charge >= 0.3 is 0 Å². The number of aryl methyl sites for hydroxylation is 1. The molecule has 1 saturated heterocycles. The number of hydrogen-bond acceptors (Lipinski definition) is 5. The lowest BCUT2D eigenvalue weighted by Crippen LogP contribution is -2.29. The van der Waals surface area contributed by atoms with E-state index in [4.69, 9.17) is 16.3 Å². The molecule has 1 aromatic carbocycles. The lowest BCUT2D eigenvalue weighted by atomic mass is 10.1. The minimum atomic E-state index is -0.535. The second kappa shape index (κ2) is 8.08. The topological polar surface area (TPSA) is 63.4 Å². The molecule has 3 aromatic rings. The van der Waals surface area contributed by atoms with Gasteiger partial charge in [-0.05, 0) is 23.8 Å². The van der Waals surface area contributed by atoms with Crippen LogP contribution in [0.15, 0.2) is 42.9 Å². The maximum absolute atomic E-state index is 10.3. The summed E-state index contributed by atoms with van der Waals surface area (Å²) < 4.78 is 7.55. The van der Waals surface area contributed by atoms with Crippen molar-refractivity contribution in [2.24, 2.45) is 7.05 Å². The molecule has 2 atom stereocenters. The average Bonchev–Trinajstić information content (AvgIpc) is 3.16. The molecule has 1 fully saturated rings. The summed E-state index contributed by atoms with van der Waals surface area (Å²) in [4.78, 5) is 6.65. The molecule has 26 heavy (non-hydrogen) atoms. The van der Waals surface area contributed by atoms with E-state index in [9.17, 15) is 5.11 Å². The molecule has 0 spiro atoms. The maximum Gasteiger partial charge on any atom is 0.157 e. The summed E-state index contributed by atoms with van der Waals surface area (Å²) >= 11 is 6.26. The van der Waals surface area contributed by atoms with Gasteiger partial charge in [0.1, 0.15) is 12.2 Å². The molecule has 3 heterocycles. The minimum Gasteiger partial charge on any atom is -0.483 e. The van der Waals surface area contributed by atoms with E-state index >= 15 is 0 Å². The Labute approximate surface area is 173 Å². The molecule has 138 valence electrons. The predicted octanol–water partition coefficient (Wildman–Crippen LogP) is 2.86. The lowest BCUT2D eigenvalue weighted by Gasteiger charge is -2.17. The highest BCUT2D eigenvalue weighted by molar-refractivity contribution is 14.0. The standard InChI is InChI=1S/C18H19ClN4O2.HI/c1-22-9-13(7-21-22)25-17-11-23(10-16(17)24)8-12-4-5-15(19)14-3-2-6-20-18(12)14;/h2-7,9,16-17,24H,8,10-11H2,1H3;1H/t16-,17-;/m1./s1. The first-order valence-corrected chi connectivity index (χ1v) is 8.56. The van der Waals surface area contributed by atoms with E-state index in [1.807, 2.05) is 31.3 Å². The first-order valence-electron chi connectivity index (χ1n) is 8.18. The van der Waals surface area contributed by atoms with Crippen LogP contribution >= 0.6 is 35.6 Å². The number of aliphatic hydroxyl groups excluding tert-OH is 1. The van der Waals surface area contributed by atoms with E-state index in [1.165, 1.54) is 0 Å². The van der Waals surface area contributed by atoms with Crippen LogP contribution < -0.4 is 4.74 Å². The number of rotatable bonds is 4. The highest BCUT2D eigenvalue weighted by Crippen LogP contribution is 2.27. The molecule has 0 radical (unpaired) electrons. The number of benzene rings is 1. The van der Waals surface area contributed by atoms with Crippen LogP contribution in [0, 0.1) is 0 Å². The van der Waals surface area contributed by atoms with Gasteiger partial charge in [-0.15, -0.1) is 24.0 Å². The summed E-state index contributed by atoms with van der Waals surface area (Å²) in [6.07, 6.45) is 4.43. The van der Waals surface area contributed by atoms with Gasteiger partial charge in [-0.1, -0.05) is 17.7 Å². The van der Waals surface area contributed by atoms with Crippen LogP contribution in [0.2, 0.25) is 5.02 Å². The Morgan fingerprint density at radius 2 is 2.15 bits per heavy atom. The summed E-state index contributed by atoms with van der Waals surface area (Å²) in [5.41, 5.74) is 2.00. The number of likely N-dealkylation sites (tertiary alicyclic amines) is 1. The molecule has 0 saturated carbocycles. The fourth-order valence-electron chi connectivity index (χ4n) is 3.28. The molecule has 0 aliphatic carbocycles. The Bertz CT molecular complexity index is 904. The van der Waals surface area contributed by atoms with E-state index < -0.39 is 6.10 Å². The van der Waals surface area contributed by atoms with E-state index in [-0.39, 0.29) is 30.1 Å². The number of halogens is 2. The number of ether oxygens (including phenoxy) is 1. The van der Waals surface area contributed by atoms with Gasteiger partial charge in [-0.25, -0.2) is 0 Å². The van der Waals surface area contributed by atoms with Gasteiger partial charge in [-0.2, -0.15) is 5.10 Å². The summed E-state index contributed by atoms with van der Waals surface area (Å²) in [6.45, 7) is 1.89. The smallest absolute Gasteiger partial charge is 0.157 e. The van der Waals surface area contributed by atoms with Crippen molar-refractivity contribution in [1.82, 2.24) is 19.7 Å². The van der Waals surface area contributed by atoms with Crippen LogP contribution in [0.3, 0.4) is 0 Å². The zero-order valence-electron chi connectivity index (χ0n) is 14.2. The molecule has 1 aliphatic rings. The summed E-state index contributed by atoms with van der Waals surface area (Å²) in [7, 11) is 1.84. The van der Waals surface area contributed by atoms with Crippen molar-refractivity contribution in [3.63, 3.8) is 0 Å². The largest absolute Gasteiger partial charge is 0.483 e. The third-order valence-electron chi connectivity index (χ3n) is 4.48. The quantitative estimate of drug-likeness (QED) is 0.575. The van der Waals surface area contributed by atoms with Gasteiger partial charge in [0.25, 0.3) is 0 Å². The third-order valence-corrected chi connectivity index (χ3v) is 4.80. The molecule has 4 rings (SSSR count). The number of nitrogens with zero attached hydrogens (tertiary/aromatic N) is 4. The molecule has 2 aromatic heterocycles. The molecule has 1 N–H and O–H groups in total. The Kier molecular flexibility index (Phi) is 6.01. The minimum absolute atomic E-state index is 0. The Balaban J connectivity index is 0.00000196. The SMILES string of the molecule is Cn1cc(O[C@@H]2CN(Cc3ccc(Cl)c4cccnc34)C[C@H]2O)cn1.I. The molecule has 0 unspecified atom stereocenters.